The zero-order valence-corrected chi connectivity index (χ0v) is 21.0. The van der Waals surface area contributed by atoms with Gasteiger partial charge in [0.05, 0.1) is 22.9 Å². The van der Waals surface area contributed by atoms with E-state index in [0.717, 1.165) is 25.2 Å². The van der Waals surface area contributed by atoms with Crippen molar-refractivity contribution in [2.45, 2.75) is 57.3 Å². The number of nitrogens with one attached hydrogen (secondary N) is 2. The van der Waals surface area contributed by atoms with Crippen LogP contribution < -0.4 is 16.4 Å². The van der Waals surface area contributed by atoms with Gasteiger partial charge in [0.25, 0.3) is 11.8 Å². The number of alkyl halides is 3. The molecule has 3 heterocycles. The zero-order valence-electron chi connectivity index (χ0n) is 21.0. The second kappa shape index (κ2) is 9.03. The SMILES string of the molecule is C[C@H](NC(=O)c1cc(C(F)(F)F)cc2c1NC(=O)OC2(C)C)c1nc(C2CC2)nn1-c1cc(C(N)=O)ncn1. The van der Waals surface area contributed by atoms with Crippen molar-refractivity contribution in [1.29, 1.82) is 0 Å². The van der Waals surface area contributed by atoms with Crippen LogP contribution in [0.2, 0.25) is 0 Å². The third-order valence-corrected chi connectivity index (χ3v) is 6.38. The highest BCUT2D eigenvalue weighted by Crippen LogP contribution is 2.42. The Labute approximate surface area is 219 Å². The Morgan fingerprint density at radius 2 is 1.95 bits per heavy atom. The number of nitrogens with zero attached hydrogens (tertiary/aromatic N) is 5. The van der Waals surface area contributed by atoms with Crippen LogP contribution in [0.1, 0.15) is 89.2 Å². The number of hydrogen-bond acceptors (Lipinski definition) is 8. The van der Waals surface area contributed by atoms with E-state index in [1.54, 1.807) is 6.92 Å². The van der Waals surface area contributed by atoms with Gasteiger partial charge in [0.2, 0.25) is 0 Å². The molecule has 39 heavy (non-hydrogen) atoms. The number of nitrogens with two attached hydrogens (primary N) is 1. The summed E-state index contributed by atoms with van der Waals surface area (Å²) in [5, 5.41) is 9.48. The maximum absolute atomic E-state index is 13.7. The number of benzene rings is 1. The van der Waals surface area contributed by atoms with Gasteiger partial charge in [-0.3, -0.25) is 14.9 Å². The predicted octanol–water partition coefficient (Wildman–Crippen LogP) is 3.34. The van der Waals surface area contributed by atoms with Crippen molar-refractivity contribution in [3.63, 3.8) is 0 Å². The molecule has 0 spiro atoms. The van der Waals surface area contributed by atoms with Crippen LogP contribution in [-0.2, 0) is 16.5 Å². The molecule has 1 atom stereocenters. The molecule has 5 rings (SSSR count). The van der Waals surface area contributed by atoms with E-state index in [1.807, 2.05) is 0 Å². The number of amides is 3. The second-order valence-corrected chi connectivity index (χ2v) is 9.80. The summed E-state index contributed by atoms with van der Waals surface area (Å²) in [6.45, 7) is 4.43. The molecule has 3 amide bonds. The molecule has 0 radical (unpaired) electrons. The molecule has 2 aliphatic rings. The fourth-order valence-electron chi connectivity index (χ4n) is 4.25. The molecule has 1 saturated carbocycles. The highest BCUT2D eigenvalue weighted by Gasteiger charge is 2.41. The number of carbonyl (C=O) groups is 3. The molecule has 1 aliphatic carbocycles. The first kappa shape index (κ1) is 26.1. The van der Waals surface area contributed by atoms with Gasteiger partial charge in [-0.05, 0) is 45.7 Å². The summed E-state index contributed by atoms with van der Waals surface area (Å²) in [6.07, 6.45) is -2.81. The molecule has 2 aromatic heterocycles. The van der Waals surface area contributed by atoms with Crippen LogP contribution in [0.3, 0.4) is 0 Å². The minimum atomic E-state index is -4.77. The molecule has 0 saturated heterocycles. The van der Waals surface area contributed by atoms with Crippen LogP contribution in [0.5, 0.6) is 0 Å². The fraction of sp³-hybridized carbons (Fsp3) is 0.375. The van der Waals surface area contributed by atoms with Crippen LogP contribution in [0.15, 0.2) is 24.5 Å². The number of hydrogen-bond donors (Lipinski definition) is 3. The van der Waals surface area contributed by atoms with E-state index in [1.165, 1.54) is 24.6 Å². The van der Waals surface area contributed by atoms with Gasteiger partial charge in [-0.2, -0.15) is 17.9 Å². The topological polar surface area (TPSA) is 167 Å². The molecule has 12 nitrogen and oxygen atoms in total. The summed E-state index contributed by atoms with van der Waals surface area (Å²) in [5.74, 6) is -0.700. The highest BCUT2D eigenvalue weighted by atomic mass is 19.4. The minimum absolute atomic E-state index is 0.00567. The monoisotopic (exact) mass is 544 g/mol. The maximum atomic E-state index is 13.7. The number of cyclic esters (lactones) is 1. The smallest absolute Gasteiger partial charge is 0.416 e. The van der Waals surface area contributed by atoms with Crippen LogP contribution in [0.25, 0.3) is 5.82 Å². The van der Waals surface area contributed by atoms with Gasteiger partial charge in [-0.25, -0.2) is 19.7 Å². The summed E-state index contributed by atoms with van der Waals surface area (Å²) in [7, 11) is 0. The average Bonchev–Trinajstić information content (AvgIpc) is 3.60. The van der Waals surface area contributed by atoms with Gasteiger partial charge in [0, 0.05) is 17.5 Å². The zero-order chi connectivity index (χ0) is 28.3. The lowest BCUT2D eigenvalue weighted by molar-refractivity contribution is -0.137. The quantitative estimate of drug-likeness (QED) is 0.425. The first-order valence-corrected chi connectivity index (χ1v) is 11.9. The standard InChI is InChI=1S/C24H23F3N8O4/c1-10(20-33-19(11-4-5-11)34-35(20)16-8-15(18(28)36)29-9-30-16)31-21(37)13-6-12(24(25,26)27)7-14-17(13)32-22(38)39-23(14,2)3/h6-11H,4-5H2,1-3H3,(H2,28,36)(H,31,37)(H,32,38)/t10-/m0/s1. The third-order valence-electron chi connectivity index (χ3n) is 6.38. The molecule has 204 valence electrons. The molecule has 1 aromatic carbocycles. The van der Waals surface area contributed by atoms with Gasteiger partial charge in [0.1, 0.15) is 17.6 Å². The second-order valence-electron chi connectivity index (χ2n) is 9.80. The van der Waals surface area contributed by atoms with Crippen molar-refractivity contribution in [3.8, 4) is 5.82 Å². The molecule has 1 aliphatic heterocycles. The molecule has 0 unspecified atom stereocenters. The third kappa shape index (κ3) is 4.98. The number of aromatic nitrogens is 5. The van der Waals surface area contributed by atoms with Gasteiger partial charge >= 0.3 is 12.3 Å². The summed E-state index contributed by atoms with van der Waals surface area (Å²) < 4.78 is 47.7. The number of carbonyl (C=O) groups excluding carboxylic acids is 3. The predicted molar refractivity (Wildman–Crippen MR) is 128 cm³/mol. The van der Waals surface area contributed by atoms with Crippen LogP contribution in [0.4, 0.5) is 23.7 Å². The molecule has 15 heteroatoms. The van der Waals surface area contributed by atoms with Crippen molar-refractivity contribution in [2.24, 2.45) is 5.73 Å². The number of anilines is 1. The molecule has 1 fully saturated rings. The van der Waals surface area contributed by atoms with Crippen LogP contribution in [-0.4, -0.2) is 42.6 Å². The maximum Gasteiger partial charge on any atom is 0.416 e. The van der Waals surface area contributed by atoms with E-state index >= 15 is 0 Å². The normalized spacial score (nSPS) is 17.0. The Bertz CT molecular complexity index is 1510. The van der Waals surface area contributed by atoms with Crippen molar-refractivity contribution in [1.82, 2.24) is 30.0 Å². The van der Waals surface area contributed by atoms with Gasteiger partial charge in [0.15, 0.2) is 17.5 Å². The molecule has 0 bridgehead atoms. The van der Waals surface area contributed by atoms with E-state index < -0.39 is 46.9 Å². The molecular weight excluding hydrogens is 521 g/mol. The first-order chi connectivity index (χ1) is 18.2. The Morgan fingerprint density at radius 3 is 2.59 bits per heavy atom. The summed E-state index contributed by atoms with van der Waals surface area (Å²) in [6, 6.07) is 1.94. The van der Waals surface area contributed by atoms with E-state index in [2.05, 4.69) is 30.7 Å². The molecular formula is C24H23F3N8O4. The number of primary amides is 1. The summed E-state index contributed by atoms with van der Waals surface area (Å²) in [4.78, 5) is 49.7. The van der Waals surface area contributed by atoms with Gasteiger partial charge in [-0.15, -0.1) is 5.10 Å². The van der Waals surface area contributed by atoms with Gasteiger partial charge in [-0.1, -0.05) is 0 Å². The molecule has 4 N–H and O–H groups in total. The molecule has 3 aromatic rings. The van der Waals surface area contributed by atoms with Crippen molar-refractivity contribution < 1.29 is 32.3 Å². The van der Waals surface area contributed by atoms with Crippen LogP contribution >= 0.6 is 0 Å². The number of ether oxygens (including phenoxy) is 1. The van der Waals surface area contributed by atoms with E-state index in [4.69, 9.17) is 10.5 Å². The Balaban J connectivity index is 1.54. The van der Waals surface area contributed by atoms with Crippen molar-refractivity contribution >= 4 is 23.6 Å². The first-order valence-electron chi connectivity index (χ1n) is 11.9. The number of fused-ring (bicyclic) bond motifs is 1. The number of halogens is 3. The van der Waals surface area contributed by atoms with E-state index in [-0.39, 0.29) is 34.5 Å². The average molecular weight is 544 g/mol. The van der Waals surface area contributed by atoms with E-state index in [9.17, 15) is 27.6 Å². The summed E-state index contributed by atoms with van der Waals surface area (Å²) in [5.41, 5.74) is 2.26. The van der Waals surface area contributed by atoms with Crippen molar-refractivity contribution in [3.05, 3.63) is 58.6 Å². The van der Waals surface area contributed by atoms with Gasteiger partial charge < -0.3 is 15.8 Å². The van der Waals surface area contributed by atoms with Crippen LogP contribution in [0, 0.1) is 0 Å². The number of rotatable bonds is 6. The lowest BCUT2D eigenvalue weighted by Gasteiger charge is -2.34. The highest BCUT2D eigenvalue weighted by molar-refractivity contribution is 6.05. The Hall–Kier alpha value is -4.56. The largest absolute Gasteiger partial charge is 0.438 e. The summed E-state index contributed by atoms with van der Waals surface area (Å²) >= 11 is 0. The van der Waals surface area contributed by atoms with Crippen molar-refractivity contribution in [2.75, 3.05) is 5.32 Å². The fourth-order valence-corrected chi connectivity index (χ4v) is 4.25. The minimum Gasteiger partial charge on any atom is -0.438 e. The Kier molecular flexibility index (Phi) is 6.03. The lowest BCUT2D eigenvalue weighted by Crippen LogP contribution is -2.37. The Morgan fingerprint density at radius 1 is 1.23 bits per heavy atom. The lowest BCUT2D eigenvalue weighted by atomic mass is 9.89. The van der Waals surface area contributed by atoms with E-state index in [0.29, 0.717) is 11.9 Å².